The Kier molecular flexibility index (Phi) is 3.46. The Morgan fingerprint density at radius 1 is 1.00 bits per heavy atom. The fourth-order valence-electron chi connectivity index (χ4n) is 2.71. The number of hydrogen-bond acceptors (Lipinski definition) is 4. The third kappa shape index (κ3) is 2.61. The molecule has 0 saturated carbocycles. The molecule has 2 heterocycles. The maximum Gasteiger partial charge on any atom is 0.269 e. The van der Waals surface area contributed by atoms with E-state index in [9.17, 15) is 14.5 Å². The molecule has 4 aromatic rings. The van der Waals surface area contributed by atoms with Gasteiger partial charge in [0.1, 0.15) is 5.82 Å². The van der Waals surface area contributed by atoms with Gasteiger partial charge in [0.15, 0.2) is 0 Å². The van der Waals surface area contributed by atoms with Gasteiger partial charge in [0, 0.05) is 35.7 Å². The monoisotopic (exact) mass is 334 g/mol. The van der Waals surface area contributed by atoms with Crippen molar-refractivity contribution in [3.63, 3.8) is 0 Å². The second-order valence-corrected chi connectivity index (χ2v) is 5.41. The van der Waals surface area contributed by atoms with Crippen LogP contribution in [0.5, 0.6) is 0 Å². The van der Waals surface area contributed by atoms with Crippen LogP contribution in [0.1, 0.15) is 0 Å². The number of imidazole rings is 1. The van der Waals surface area contributed by atoms with Gasteiger partial charge in [0.2, 0.25) is 5.78 Å². The highest BCUT2D eigenvalue weighted by Crippen LogP contribution is 2.33. The molecule has 6 nitrogen and oxygen atoms in total. The van der Waals surface area contributed by atoms with Gasteiger partial charge < -0.3 is 0 Å². The lowest BCUT2D eigenvalue weighted by molar-refractivity contribution is -0.384. The zero-order valence-electron chi connectivity index (χ0n) is 12.8. The van der Waals surface area contributed by atoms with Crippen LogP contribution >= 0.6 is 0 Å². The van der Waals surface area contributed by atoms with Crippen LogP contribution in [0.4, 0.5) is 10.1 Å². The van der Waals surface area contributed by atoms with Crippen molar-refractivity contribution >= 4 is 11.5 Å². The van der Waals surface area contributed by atoms with E-state index in [1.165, 1.54) is 24.3 Å². The minimum absolute atomic E-state index is 0.00831. The quantitative estimate of drug-likeness (QED) is 0.417. The van der Waals surface area contributed by atoms with Crippen molar-refractivity contribution in [2.24, 2.45) is 0 Å². The highest BCUT2D eigenvalue weighted by molar-refractivity contribution is 5.81. The lowest BCUT2D eigenvalue weighted by atomic mass is 10.0. The fourth-order valence-corrected chi connectivity index (χ4v) is 2.71. The Bertz CT molecular complexity index is 1070. The molecule has 4 rings (SSSR count). The molecule has 0 radical (unpaired) electrons. The number of rotatable bonds is 3. The van der Waals surface area contributed by atoms with Crippen LogP contribution in [0.25, 0.3) is 28.3 Å². The van der Waals surface area contributed by atoms with Gasteiger partial charge in [-0.1, -0.05) is 0 Å². The summed E-state index contributed by atoms with van der Waals surface area (Å²) in [6.45, 7) is 0. The van der Waals surface area contributed by atoms with Gasteiger partial charge in [0.25, 0.3) is 5.69 Å². The van der Waals surface area contributed by atoms with Gasteiger partial charge in [-0.3, -0.25) is 14.5 Å². The zero-order chi connectivity index (χ0) is 17.4. The Morgan fingerprint density at radius 2 is 1.68 bits per heavy atom. The van der Waals surface area contributed by atoms with Gasteiger partial charge >= 0.3 is 0 Å². The Hall–Kier alpha value is -3.61. The number of nitro groups is 1. The van der Waals surface area contributed by atoms with Gasteiger partial charge in [0.05, 0.1) is 16.3 Å². The van der Waals surface area contributed by atoms with Crippen molar-refractivity contribution in [3.8, 4) is 22.5 Å². The lowest BCUT2D eigenvalue weighted by Crippen LogP contribution is -1.91. The molecular weight excluding hydrogens is 323 g/mol. The number of nitro benzene ring substituents is 1. The molecule has 0 bridgehead atoms. The summed E-state index contributed by atoms with van der Waals surface area (Å²) in [4.78, 5) is 19.2. The van der Waals surface area contributed by atoms with Gasteiger partial charge in [-0.05, 0) is 42.5 Å². The van der Waals surface area contributed by atoms with Crippen LogP contribution in [-0.4, -0.2) is 19.3 Å². The zero-order valence-corrected chi connectivity index (χ0v) is 12.8. The SMILES string of the molecule is O=[N+]([O-])c1ccc(-c2nc3ncccn3c2-c2ccc(F)cc2)cc1. The second kappa shape index (κ2) is 5.79. The fraction of sp³-hybridized carbons (Fsp3) is 0. The molecule has 0 atom stereocenters. The first kappa shape index (κ1) is 14.9. The summed E-state index contributed by atoms with van der Waals surface area (Å²) in [6, 6.07) is 14.0. The summed E-state index contributed by atoms with van der Waals surface area (Å²) in [7, 11) is 0. The van der Waals surface area contributed by atoms with Crippen LogP contribution in [0, 0.1) is 15.9 Å². The smallest absolute Gasteiger partial charge is 0.269 e. The molecule has 0 fully saturated rings. The van der Waals surface area contributed by atoms with Crippen LogP contribution in [0.3, 0.4) is 0 Å². The predicted molar refractivity (Wildman–Crippen MR) is 90.5 cm³/mol. The van der Waals surface area contributed by atoms with Crippen molar-refractivity contribution < 1.29 is 9.31 Å². The van der Waals surface area contributed by atoms with E-state index in [0.29, 0.717) is 11.5 Å². The summed E-state index contributed by atoms with van der Waals surface area (Å²) >= 11 is 0. The molecule has 0 aliphatic heterocycles. The standard InChI is InChI=1S/C18H11FN4O2/c19-14-6-2-13(3-7-14)17-16(21-18-20-10-1-11-22(17)18)12-4-8-15(9-5-12)23(24)25/h1-11H. The Morgan fingerprint density at radius 3 is 2.36 bits per heavy atom. The third-order valence-electron chi connectivity index (χ3n) is 3.87. The van der Waals surface area contributed by atoms with Crippen molar-refractivity contribution in [1.82, 2.24) is 14.4 Å². The van der Waals surface area contributed by atoms with Crippen molar-refractivity contribution in [3.05, 3.63) is 82.9 Å². The highest BCUT2D eigenvalue weighted by Gasteiger charge is 2.17. The highest BCUT2D eigenvalue weighted by atomic mass is 19.1. The number of non-ortho nitro benzene ring substituents is 1. The van der Waals surface area contributed by atoms with E-state index in [1.807, 2.05) is 10.6 Å². The molecule has 0 spiro atoms. The molecule has 0 saturated heterocycles. The number of hydrogen-bond donors (Lipinski definition) is 0. The maximum absolute atomic E-state index is 13.3. The molecule has 2 aromatic carbocycles. The maximum atomic E-state index is 13.3. The van der Waals surface area contributed by atoms with E-state index in [1.54, 1.807) is 36.5 Å². The molecule has 0 aliphatic carbocycles. The number of fused-ring (bicyclic) bond motifs is 1. The normalized spacial score (nSPS) is 10.9. The second-order valence-electron chi connectivity index (χ2n) is 5.41. The van der Waals surface area contributed by atoms with Crippen LogP contribution in [0.15, 0.2) is 67.0 Å². The van der Waals surface area contributed by atoms with Gasteiger partial charge in [-0.15, -0.1) is 0 Å². The molecule has 0 N–H and O–H groups in total. The van der Waals surface area contributed by atoms with E-state index in [-0.39, 0.29) is 11.5 Å². The Balaban J connectivity index is 1.95. The van der Waals surface area contributed by atoms with Gasteiger partial charge in [-0.2, -0.15) is 0 Å². The van der Waals surface area contributed by atoms with Crippen LogP contribution < -0.4 is 0 Å². The third-order valence-corrected chi connectivity index (χ3v) is 3.87. The molecule has 0 amide bonds. The van der Waals surface area contributed by atoms with E-state index in [0.717, 1.165) is 16.8 Å². The van der Waals surface area contributed by atoms with E-state index in [2.05, 4.69) is 9.97 Å². The van der Waals surface area contributed by atoms with Crippen molar-refractivity contribution in [2.75, 3.05) is 0 Å². The minimum Gasteiger partial charge on any atom is -0.283 e. The average Bonchev–Trinajstić information content (AvgIpc) is 3.02. The topological polar surface area (TPSA) is 73.3 Å². The first-order valence-electron chi connectivity index (χ1n) is 7.47. The van der Waals surface area contributed by atoms with E-state index < -0.39 is 4.92 Å². The van der Waals surface area contributed by atoms with Crippen molar-refractivity contribution in [2.45, 2.75) is 0 Å². The molecule has 2 aromatic heterocycles. The Labute approximate surface area is 141 Å². The van der Waals surface area contributed by atoms with Crippen LogP contribution in [-0.2, 0) is 0 Å². The molecule has 0 aliphatic rings. The van der Waals surface area contributed by atoms with Crippen molar-refractivity contribution in [1.29, 1.82) is 0 Å². The number of nitrogens with zero attached hydrogens (tertiary/aromatic N) is 4. The van der Waals surface area contributed by atoms with Gasteiger partial charge in [-0.25, -0.2) is 14.4 Å². The summed E-state index contributed by atoms with van der Waals surface area (Å²) in [6.07, 6.45) is 3.46. The molecule has 7 heteroatoms. The van der Waals surface area contributed by atoms with E-state index in [4.69, 9.17) is 0 Å². The molecular formula is C18H11FN4O2. The summed E-state index contributed by atoms with van der Waals surface area (Å²) in [5.41, 5.74) is 2.87. The molecule has 25 heavy (non-hydrogen) atoms. The molecule has 0 unspecified atom stereocenters. The number of halogens is 1. The van der Waals surface area contributed by atoms with E-state index >= 15 is 0 Å². The first-order valence-corrected chi connectivity index (χ1v) is 7.47. The first-order chi connectivity index (χ1) is 12.1. The number of aromatic nitrogens is 3. The van der Waals surface area contributed by atoms with Crippen LogP contribution in [0.2, 0.25) is 0 Å². The largest absolute Gasteiger partial charge is 0.283 e. The average molecular weight is 334 g/mol. The summed E-state index contributed by atoms with van der Waals surface area (Å²) in [5.74, 6) is 0.169. The summed E-state index contributed by atoms with van der Waals surface area (Å²) in [5, 5.41) is 10.9. The minimum atomic E-state index is -0.449. The summed E-state index contributed by atoms with van der Waals surface area (Å²) < 4.78 is 15.1. The lowest BCUT2D eigenvalue weighted by Gasteiger charge is -2.05. The predicted octanol–water partition coefficient (Wildman–Crippen LogP) is 4.11. The number of benzene rings is 2. The molecule has 122 valence electrons.